The van der Waals surface area contributed by atoms with Crippen LogP contribution in [-0.4, -0.2) is 59.7 Å². The minimum Gasteiger partial charge on any atom is -0.352 e. The smallest absolute Gasteiger partial charge is 0.242 e. The summed E-state index contributed by atoms with van der Waals surface area (Å²) in [6.07, 6.45) is 0.126. The molecule has 1 saturated heterocycles. The summed E-state index contributed by atoms with van der Waals surface area (Å²) in [5.41, 5.74) is 0.701. The van der Waals surface area contributed by atoms with Crippen molar-refractivity contribution >= 4 is 17.7 Å². The molecule has 2 rings (SSSR count). The van der Waals surface area contributed by atoms with Crippen LogP contribution in [0.2, 0.25) is 0 Å². The van der Waals surface area contributed by atoms with Crippen LogP contribution < -0.4 is 5.32 Å². The SMILES string of the molecule is CC(C)NC(=O)CN1CCN(C(=O)Cc2ccc(F)cc2)CC1=O. The third-order valence-electron chi connectivity index (χ3n) is 3.72. The molecule has 0 unspecified atom stereocenters. The zero-order valence-electron chi connectivity index (χ0n) is 13.9. The number of amides is 3. The van der Waals surface area contributed by atoms with Crippen LogP contribution in [0.25, 0.3) is 0 Å². The summed E-state index contributed by atoms with van der Waals surface area (Å²) >= 11 is 0. The highest BCUT2D eigenvalue weighted by molar-refractivity contribution is 5.89. The lowest BCUT2D eigenvalue weighted by atomic mass is 10.1. The van der Waals surface area contributed by atoms with Gasteiger partial charge in [-0.05, 0) is 31.5 Å². The maximum absolute atomic E-state index is 12.9. The monoisotopic (exact) mass is 335 g/mol. The summed E-state index contributed by atoms with van der Waals surface area (Å²) in [6, 6.07) is 5.74. The highest BCUT2D eigenvalue weighted by atomic mass is 19.1. The average molecular weight is 335 g/mol. The Morgan fingerprint density at radius 1 is 1.21 bits per heavy atom. The normalized spacial score (nSPS) is 14.9. The van der Waals surface area contributed by atoms with Crippen molar-refractivity contribution in [3.8, 4) is 0 Å². The van der Waals surface area contributed by atoms with Gasteiger partial charge in [0, 0.05) is 19.1 Å². The molecule has 1 aliphatic rings. The van der Waals surface area contributed by atoms with Gasteiger partial charge in [0.05, 0.1) is 19.5 Å². The lowest BCUT2D eigenvalue weighted by Gasteiger charge is -2.34. The number of carbonyl (C=O) groups excluding carboxylic acids is 3. The molecule has 0 spiro atoms. The molecule has 6 nitrogen and oxygen atoms in total. The number of hydrogen-bond donors (Lipinski definition) is 1. The maximum atomic E-state index is 12.9. The van der Waals surface area contributed by atoms with Crippen molar-refractivity contribution in [1.82, 2.24) is 15.1 Å². The molecule has 1 aromatic carbocycles. The van der Waals surface area contributed by atoms with E-state index < -0.39 is 0 Å². The van der Waals surface area contributed by atoms with Gasteiger partial charge >= 0.3 is 0 Å². The zero-order chi connectivity index (χ0) is 17.7. The number of nitrogens with one attached hydrogen (secondary N) is 1. The lowest BCUT2D eigenvalue weighted by Crippen LogP contribution is -2.55. The van der Waals surface area contributed by atoms with Crippen molar-refractivity contribution in [2.45, 2.75) is 26.3 Å². The molecular weight excluding hydrogens is 313 g/mol. The second kappa shape index (κ2) is 7.90. The standard InChI is InChI=1S/C17H22FN3O3/c1-12(2)19-15(22)10-20-7-8-21(11-17(20)24)16(23)9-13-3-5-14(18)6-4-13/h3-6,12H,7-11H2,1-2H3,(H,19,22). The topological polar surface area (TPSA) is 69.7 Å². The first-order chi connectivity index (χ1) is 11.3. The predicted molar refractivity (Wildman–Crippen MR) is 86.5 cm³/mol. The number of halogens is 1. The predicted octanol–water partition coefficient (Wildman–Crippen LogP) is 0.564. The van der Waals surface area contributed by atoms with E-state index in [1.54, 1.807) is 12.1 Å². The molecule has 0 aliphatic carbocycles. The fourth-order valence-electron chi connectivity index (χ4n) is 2.52. The van der Waals surface area contributed by atoms with Gasteiger partial charge < -0.3 is 15.1 Å². The van der Waals surface area contributed by atoms with Crippen molar-refractivity contribution in [3.05, 3.63) is 35.6 Å². The van der Waals surface area contributed by atoms with Gasteiger partial charge in [-0.2, -0.15) is 0 Å². The van der Waals surface area contributed by atoms with E-state index in [1.807, 2.05) is 13.8 Å². The number of benzene rings is 1. The van der Waals surface area contributed by atoms with Crippen LogP contribution in [0.3, 0.4) is 0 Å². The van der Waals surface area contributed by atoms with Crippen LogP contribution in [-0.2, 0) is 20.8 Å². The van der Waals surface area contributed by atoms with E-state index in [1.165, 1.54) is 21.9 Å². The molecule has 1 N–H and O–H groups in total. The maximum Gasteiger partial charge on any atom is 0.242 e. The van der Waals surface area contributed by atoms with Crippen LogP contribution >= 0.6 is 0 Å². The number of hydrogen-bond acceptors (Lipinski definition) is 3. The Morgan fingerprint density at radius 3 is 2.46 bits per heavy atom. The highest BCUT2D eigenvalue weighted by Crippen LogP contribution is 2.09. The van der Waals surface area contributed by atoms with Crippen molar-refractivity contribution in [2.24, 2.45) is 0 Å². The Bertz CT molecular complexity index is 616. The fraction of sp³-hybridized carbons (Fsp3) is 0.471. The average Bonchev–Trinajstić information content (AvgIpc) is 2.50. The third-order valence-corrected chi connectivity index (χ3v) is 3.72. The van der Waals surface area contributed by atoms with E-state index in [2.05, 4.69) is 5.32 Å². The summed E-state index contributed by atoms with van der Waals surface area (Å²) < 4.78 is 12.9. The first kappa shape index (κ1) is 17.9. The van der Waals surface area contributed by atoms with Gasteiger partial charge in [0.15, 0.2) is 0 Å². The van der Waals surface area contributed by atoms with E-state index in [0.717, 1.165) is 0 Å². The minimum atomic E-state index is -0.352. The van der Waals surface area contributed by atoms with Crippen LogP contribution in [0.15, 0.2) is 24.3 Å². The second-order valence-electron chi connectivity index (χ2n) is 6.16. The Balaban J connectivity index is 1.85. The van der Waals surface area contributed by atoms with Crippen LogP contribution in [0.4, 0.5) is 4.39 Å². The van der Waals surface area contributed by atoms with Crippen molar-refractivity contribution in [2.75, 3.05) is 26.2 Å². The Kier molecular flexibility index (Phi) is 5.89. The van der Waals surface area contributed by atoms with E-state index in [9.17, 15) is 18.8 Å². The Morgan fingerprint density at radius 2 is 1.88 bits per heavy atom. The van der Waals surface area contributed by atoms with E-state index >= 15 is 0 Å². The number of carbonyl (C=O) groups is 3. The first-order valence-corrected chi connectivity index (χ1v) is 7.94. The van der Waals surface area contributed by atoms with Gasteiger partial charge in [0.2, 0.25) is 17.7 Å². The highest BCUT2D eigenvalue weighted by Gasteiger charge is 2.28. The number of nitrogens with zero attached hydrogens (tertiary/aromatic N) is 2. The molecule has 1 aliphatic heterocycles. The van der Waals surface area contributed by atoms with Gasteiger partial charge in [-0.25, -0.2) is 4.39 Å². The molecule has 0 radical (unpaired) electrons. The van der Waals surface area contributed by atoms with Crippen molar-refractivity contribution < 1.29 is 18.8 Å². The summed E-state index contributed by atoms with van der Waals surface area (Å²) in [4.78, 5) is 39.1. The summed E-state index contributed by atoms with van der Waals surface area (Å²) in [5.74, 6) is -0.979. The Labute approximate surface area is 140 Å². The lowest BCUT2D eigenvalue weighted by molar-refractivity contribution is -0.146. The summed E-state index contributed by atoms with van der Waals surface area (Å²) in [5, 5.41) is 2.74. The molecule has 1 heterocycles. The molecule has 0 aromatic heterocycles. The molecule has 1 fully saturated rings. The molecule has 0 atom stereocenters. The summed E-state index contributed by atoms with van der Waals surface area (Å²) in [7, 11) is 0. The quantitative estimate of drug-likeness (QED) is 0.855. The van der Waals surface area contributed by atoms with Gasteiger partial charge in [0.1, 0.15) is 5.82 Å². The van der Waals surface area contributed by atoms with Gasteiger partial charge in [0.25, 0.3) is 0 Å². The van der Waals surface area contributed by atoms with E-state index in [-0.39, 0.29) is 49.1 Å². The van der Waals surface area contributed by atoms with Crippen LogP contribution in [0.1, 0.15) is 19.4 Å². The second-order valence-corrected chi connectivity index (χ2v) is 6.16. The van der Waals surface area contributed by atoms with Crippen LogP contribution in [0, 0.1) is 5.82 Å². The van der Waals surface area contributed by atoms with E-state index in [0.29, 0.717) is 18.7 Å². The van der Waals surface area contributed by atoms with Gasteiger partial charge in [-0.15, -0.1) is 0 Å². The third kappa shape index (κ3) is 5.04. The zero-order valence-corrected chi connectivity index (χ0v) is 13.9. The van der Waals surface area contributed by atoms with E-state index in [4.69, 9.17) is 0 Å². The Hall–Kier alpha value is -2.44. The largest absolute Gasteiger partial charge is 0.352 e. The first-order valence-electron chi connectivity index (χ1n) is 7.94. The molecule has 3 amide bonds. The van der Waals surface area contributed by atoms with Crippen LogP contribution in [0.5, 0.6) is 0 Å². The van der Waals surface area contributed by atoms with Gasteiger partial charge in [-0.1, -0.05) is 12.1 Å². The molecular formula is C17H22FN3O3. The molecule has 0 saturated carbocycles. The molecule has 7 heteroatoms. The molecule has 1 aromatic rings. The summed E-state index contributed by atoms with van der Waals surface area (Å²) in [6.45, 7) is 4.41. The molecule has 0 bridgehead atoms. The van der Waals surface area contributed by atoms with Crippen molar-refractivity contribution in [1.29, 1.82) is 0 Å². The molecule has 130 valence electrons. The fourth-order valence-corrected chi connectivity index (χ4v) is 2.52. The number of rotatable bonds is 5. The van der Waals surface area contributed by atoms with Crippen molar-refractivity contribution in [3.63, 3.8) is 0 Å². The van der Waals surface area contributed by atoms with Gasteiger partial charge in [-0.3, -0.25) is 14.4 Å². The molecule has 24 heavy (non-hydrogen) atoms. The minimum absolute atomic E-state index is 0.0109. The number of piperazine rings is 1.